The lowest BCUT2D eigenvalue weighted by Crippen LogP contribution is -2.43. The maximum absolute atomic E-state index is 10.3. The second-order valence-electron chi connectivity index (χ2n) is 6.02. The zero-order valence-corrected chi connectivity index (χ0v) is 13.9. The van der Waals surface area contributed by atoms with E-state index in [4.69, 9.17) is 0 Å². The standard InChI is InChI=1S/C17H34O4/c1-3-4-5-6-7-8-9-10-11-12-13-14-17(20,16(2)19)21-15-18/h15-16,19-20H,3-14H2,1-2H3. The van der Waals surface area contributed by atoms with E-state index in [0.29, 0.717) is 6.42 Å². The predicted molar refractivity (Wildman–Crippen MR) is 84.9 cm³/mol. The van der Waals surface area contributed by atoms with Gasteiger partial charge in [-0.1, -0.05) is 71.1 Å². The monoisotopic (exact) mass is 302 g/mol. The lowest BCUT2D eigenvalue weighted by atomic mass is 10.0. The summed E-state index contributed by atoms with van der Waals surface area (Å²) >= 11 is 0. The van der Waals surface area contributed by atoms with Gasteiger partial charge in [0.2, 0.25) is 5.79 Å². The van der Waals surface area contributed by atoms with Crippen LogP contribution >= 0.6 is 0 Å². The summed E-state index contributed by atoms with van der Waals surface area (Å²) in [5.41, 5.74) is 0. The van der Waals surface area contributed by atoms with E-state index in [1.54, 1.807) is 0 Å². The fourth-order valence-corrected chi connectivity index (χ4v) is 2.49. The fourth-order valence-electron chi connectivity index (χ4n) is 2.49. The van der Waals surface area contributed by atoms with Crippen molar-refractivity contribution in [2.24, 2.45) is 0 Å². The average molecular weight is 302 g/mol. The quantitative estimate of drug-likeness (QED) is 0.273. The summed E-state index contributed by atoms with van der Waals surface area (Å²) in [5, 5.41) is 19.4. The van der Waals surface area contributed by atoms with Gasteiger partial charge in [-0.25, -0.2) is 0 Å². The minimum Gasteiger partial charge on any atom is -0.433 e. The first kappa shape index (κ1) is 20.4. The van der Waals surface area contributed by atoms with Crippen LogP contribution in [-0.2, 0) is 9.53 Å². The van der Waals surface area contributed by atoms with Gasteiger partial charge in [0.05, 0.1) is 0 Å². The maximum atomic E-state index is 10.3. The summed E-state index contributed by atoms with van der Waals surface area (Å²) < 4.78 is 4.61. The molecule has 2 N–H and O–H groups in total. The van der Waals surface area contributed by atoms with Crippen molar-refractivity contribution in [2.45, 2.75) is 103 Å². The number of rotatable bonds is 15. The summed E-state index contributed by atoms with van der Waals surface area (Å²) in [5.74, 6) is -1.72. The molecule has 0 bridgehead atoms. The maximum Gasteiger partial charge on any atom is 0.295 e. The SMILES string of the molecule is CCCCCCCCCCCCCC(O)(OC=O)C(C)O. The number of unbranched alkanes of at least 4 members (excludes halogenated alkanes) is 10. The number of carbonyl (C=O) groups excluding carboxylic acids is 1. The van der Waals surface area contributed by atoms with Crippen molar-refractivity contribution in [3.63, 3.8) is 0 Å². The molecule has 126 valence electrons. The van der Waals surface area contributed by atoms with Gasteiger partial charge in [0.25, 0.3) is 6.47 Å². The first-order valence-electron chi connectivity index (χ1n) is 8.58. The summed E-state index contributed by atoms with van der Waals surface area (Å²) in [4.78, 5) is 10.3. The molecular formula is C17H34O4. The third-order valence-corrected chi connectivity index (χ3v) is 4.04. The molecule has 21 heavy (non-hydrogen) atoms. The topological polar surface area (TPSA) is 66.8 Å². The molecule has 0 aliphatic carbocycles. The van der Waals surface area contributed by atoms with Crippen LogP contribution in [0, 0.1) is 0 Å². The summed E-state index contributed by atoms with van der Waals surface area (Å²) in [6, 6.07) is 0. The Kier molecular flexibility index (Phi) is 12.7. The molecule has 0 aliphatic heterocycles. The van der Waals surface area contributed by atoms with Gasteiger partial charge < -0.3 is 14.9 Å². The zero-order valence-electron chi connectivity index (χ0n) is 13.9. The number of ether oxygens (including phenoxy) is 1. The van der Waals surface area contributed by atoms with E-state index in [0.717, 1.165) is 19.3 Å². The Morgan fingerprint density at radius 1 is 0.952 bits per heavy atom. The van der Waals surface area contributed by atoms with E-state index >= 15 is 0 Å². The molecule has 0 saturated heterocycles. The van der Waals surface area contributed by atoms with E-state index < -0.39 is 11.9 Å². The number of aliphatic hydroxyl groups is 2. The molecule has 0 aliphatic rings. The fraction of sp³-hybridized carbons (Fsp3) is 0.941. The van der Waals surface area contributed by atoms with Crippen LogP contribution in [0.15, 0.2) is 0 Å². The van der Waals surface area contributed by atoms with Crippen molar-refractivity contribution >= 4 is 6.47 Å². The van der Waals surface area contributed by atoms with Crippen LogP contribution < -0.4 is 0 Å². The average Bonchev–Trinajstić information content (AvgIpc) is 2.45. The Labute approximate surface area is 129 Å². The van der Waals surface area contributed by atoms with Crippen LogP contribution in [0.5, 0.6) is 0 Å². The van der Waals surface area contributed by atoms with E-state index in [1.165, 1.54) is 58.3 Å². The van der Waals surface area contributed by atoms with E-state index in [2.05, 4.69) is 11.7 Å². The second-order valence-corrected chi connectivity index (χ2v) is 6.02. The third-order valence-electron chi connectivity index (χ3n) is 4.04. The molecule has 0 aromatic carbocycles. The minimum absolute atomic E-state index is 0.200. The summed E-state index contributed by atoms with van der Waals surface area (Å²) in [7, 11) is 0. The van der Waals surface area contributed by atoms with Gasteiger partial charge in [-0.15, -0.1) is 0 Å². The van der Waals surface area contributed by atoms with Crippen molar-refractivity contribution in [3.05, 3.63) is 0 Å². The van der Waals surface area contributed by atoms with Gasteiger partial charge in [0, 0.05) is 6.42 Å². The Morgan fingerprint density at radius 2 is 1.38 bits per heavy atom. The van der Waals surface area contributed by atoms with Gasteiger partial charge in [-0.2, -0.15) is 0 Å². The molecule has 0 heterocycles. The highest BCUT2D eigenvalue weighted by Crippen LogP contribution is 2.21. The Bertz CT molecular complexity index is 243. The van der Waals surface area contributed by atoms with Gasteiger partial charge in [0.15, 0.2) is 0 Å². The minimum atomic E-state index is -1.72. The number of hydrogen-bond acceptors (Lipinski definition) is 4. The molecule has 0 spiro atoms. The Balaban J connectivity index is 3.44. The van der Waals surface area contributed by atoms with Crippen LogP contribution in [0.4, 0.5) is 0 Å². The highest BCUT2D eigenvalue weighted by molar-refractivity contribution is 5.38. The molecule has 2 atom stereocenters. The largest absolute Gasteiger partial charge is 0.433 e. The zero-order chi connectivity index (χ0) is 16.0. The van der Waals surface area contributed by atoms with Crippen LogP contribution in [0.1, 0.15) is 90.9 Å². The molecule has 0 radical (unpaired) electrons. The van der Waals surface area contributed by atoms with Gasteiger partial charge in [-0.3, -0.25) is 4.79 Å². The molecule has 0 saturated carbocycles. The highest BCUT2D eigenvalue weighted by Gasteiger charge is 2.33. The first-order valence-corrected chi connectivity index (χ1v) is 8.58. The van der Waals surface area contributed by atoms with Gasteiger partial charge >= 0.3 is 0 Å². The Hall–Kier alpha value is -0.610. The molecule has 0 aromatic rings. The summed E-state index contributed by atoms with van der Waals surface area (Å²) in [6.07, 6.45) is 12.6. The van der Waals surface area contributed by atoms with Crippen LogP contribution in [0.25, 0.3) is 0 Å². The number of hydrogen-bond donors (Lipinski definition) is 2. The van der Waals surface area contributed by atoms with Crippen LogP contribution in [0.2, 0.25) is 0 Å². The smallest absolute Gasteiger partial charge is 0.295 e. The van der Waals surface area contributed by atoms with Crippen molar-refractivity contribution in [1.29, 1.82) is 0 Å². The van der Waals surface area contributed by atoms with E-state index in [-0.39, 0.29) is 6.47 Å². The highest BCUT2D eigenvalue weighted by atomic mass is 16.7. The van der Waals surface area contributed by atoms with Crippen molar-refractivity contribution in [2.75, 3.05) is 0 Å². The van der Waals surface area contributed by atoms with Gasteiger partial charge in [0.1, 0.15) is 6.10 Å². The molecular weight excluding hydrogens is 268 g/mol. The van der Waals surface area contributed by atoms with Crippen molar-refractivity contribution < 1.29 is 19.7 Å². The molecule has 0 fully saturated rings. The predicted octanol–water partition coefficient (Wildman–Crippen LogP) is 3.93. The van der Waals surface area contributed by atoms with Crippen LogP contribution in [0.3, 0.4) is 0 Å². The van der Waals surface area contributed by atoms with Crippen LogP contribution in [-0.4, -0.2) is 28.6 Å². The number of aliphatic hydroxyl groups excluding tert-OH is 1. The molecule has 0 amide bonds. The molecule has 0 aromatic heterocycles. The first-order chi connectivity index (χ1) is 10.1. The van der Waals surface area contributed by atoms with E-state index in [1.807, 2.05) is 0 Å². The normalized spacial score (nSPS) is 15.4. The molecule has 0 rings (SSSR count). The van der Waals surface area contributed by atoms with Gasteiger partial charge in [-0.05, 0) is 13.3 Å². The third kappa shape index (κ3) is 10.7. The van der Waals surface area contributed by atoms with Crippen molar-refractivity contribution in [3.8, 4) is 0 Å². The molecule has 4 nitrogen and oxygen atoms in total. The molecule has 2 unspecified atom stereocenters. The lowest BCUT2D eigenvalue weighted by Gasteiger charge is -2.28. The van der Waals surface area contributed by atoms with Crippen molar-refractivity contribution in [1.82, 2.24) is 0 Å². The number of carbonyl (C=O) groups is 1. The summed E-state index contributed by atoms with van der Waals surface area (Å²) in [6.45, 7) is 3.87. The lowest BCUT2D eigenvalue weighted by molar-refractivity contribution is -0.237. The molecule has 4 heteroatoms. The Morgan fingerprint density at radius 3 is 1.76 bits per heavy atom. The second kappa shape index (κ2) is 13.1. The van der Waals surface area contributed by atoms with E-state index in [9.17, 15) is 15.0 Å².